The van der Waals surface area contributed by atoms with Gasteiger partial charge in [-0.25, -0.2) is 4.79 Å². The van der Waals surface area contributed by atoms with Crippen molar-refractivity contribution >= 4 is 17.7 Å². The maximum Gasteiger partial charge on any atom is 0.414 e. The summed E-state index contributed by atoms with van der Waals surface area (Å²) in [6.07, 6.45) is 0.0149. The van der Waals surface area contributed by atoms with Crippen LogP contribution in [0, 0.1) is 0 Å². The predicted octanol–water partition coefficient (Wildman–Crippen LogP) is 1.73. The molecule has 2 atom stereocenters. The van der Waals surface area contributed by atoms with Gasteiger partial charge < -0.3 is 16.2 Å². The summed E-state index contributed by atoms with van der Waals surface area (Å²) in [4.78, 5) is 25.2. The van der Waals surface area contributed by atoms with Gasteiger partial charge in [-0.2, -0.15) is 0 Å². The lowest BCUT2D eigenvalue weighted by atomic mass is 9.94. The Bertz CT molecular complexity index is 580. The number of carbonyl (C=O) groups is 2. The molecule has 6 nitrogen and oxygen atoms in total. The van der Waals surface area contributed by atoms with Crippen molar-refractivity contribution in [2.75, 3.05) is 11.4 Å². The van der Waals surface area contributed by atoms with E-state index in [-0.39, 0.29) is 5.92 Å². The van der Waals surface area contributed by atoms with Crippen LogP contribution in [0.5, 0.6) is 0 Å². The minimum absolute atomic E-state index is 0.0220. The highest BCUT2D eigenvalue weighted by atomic mass is 16.6. The lowest BCUT2D eigenvalue weighted by molar-refractivity contribution is -0.119. The number of primary amides is 1. The molecule has 1 aromatic carbocycles. The number of benzene rings is 1. The molecule has 2 amide bonds. The monoisotopic (exact) mass is 305 g/mol. The van der Waals surface area contributed by atoms with Crippen LogP contribution in [0.15, 0.2) is 24.3 Å². The van der Waals surface area contributed by atoms with E-state index in [0.717, 1.165) is 11.3 Å². The molecule has 2 rings (SSSR count). The normalized spacial score (nSPS) is 18.7. The van der Waals surface area contributed by atoms with Crippen molar-refractivity contribution in [3.63, 3.8) is 0 Å². The zero-order chi connectivity index (χ0) is 16.5. The van der Waals surface area contributed by atoms with E-state index in [1.165, 1.54) is 0 Å². The van der Waals surface area contributed by atoms with Gasteiger partial charge in [0.25, 0.3) is 0 Å². The van der Waals surface area contributed by atoms with Crippen LogP contribution in [0.4, 0.5) is 10.5 Å². The summed E-state index contributed by atoms with van der Waals surface area (Å²) in [5.41, 5.74) is 12.2. The van der Waals surface area contributed by atoms with Gasteiger partial charge in [0, 0.05) is 12.5 Å². The van der Waals surface area contributed by atoms with Crippen LogP contribution in [-0.4, -0.2) is 30.2 Å². The summed E-state index contributed by atoms with van der Waals surface area (Å²) >= 11 is 0. The topological polar surface area (TPSA) is 98.7 Å². The fourth-order valence-electron chi connectivity index (χ4n) is 2.61. The molecule has 1 heterocycles. The molecule has 0 bridgehead atoms. The summed E-state index contributed by atoms with van der Waals surface area (Å²) in [6.45, 7) is 5.92. The zero-order valence-electron chi connectivity index (χ0n) is 13.2. The first kappa shape index (κ1) is 16.3. The second kappa shape index (κ2) is 5.96. The standard InChI is InChI=1S/C16H23N3O3/c1-16(2,3)22-15(21)19-9-10(8-12(17)14(18)20)11-6-4-5-7-13(11)19/h4-7,10,12H,8-9,17H2,1-3H3,(H2,18,20)/t10?,12-/m0/s1. The van der Waals surface area contributed by atoms with E-state index in [1.807, 2.05) is 45.0 Å². The van der Waals surface area contributed by atoms with Gasteiger partial charge in [0.1, 0.15) is 5.60 Å². The average molecular weight is 305 g/mol. The lowest BCUT2D eigenvalue weighted by Crippen LogP contribution is -2.39. The number of para-hydroxylation sites is 1. The second-order valence-electron chi connectivity index (χ2n) is 6.59. The molecule has 0 spiro atoms. The Hall–Kier alpha value is -2.08. The van der Waals surface area contributed by atoms with Gasteiger partial charge in [0.2, 0.25) is 5.91 Å². The molecule has 0 saturated heterocycles. The SMILES string of the molecule is CC(C)(C)OC(=O)N1CC(C[C@H](N)C(N)=O)c2ccccc21. The Labute approximate surface area is 130 Å². The third-order valence-electron chi connectivity index (χ3n) is 3.59. The summed E-state index contributed by atoms with van der Waals surface area (Å²) in [5, 5.41) is 0. The lowest BCUT2D eigenvalue weighted by Gasteiger charge is -2.25. The summed E-state index contributed by atoms with van der Waals surface area (Å²) < 4.78 is 5.44. The van der Waals surface area contributed by atoms with Crippen molar-refractivity contribution in [2.24, 2.45) is 11.5 Å². The Kier molecular flexibility index (Phi) is 4.42. The average Bonchev–Trinajstić information content (AvgIpc) is 2.76. The van der Waals surface area contributed by atoms with Gasteiger partial charge in [0.15, 0.2) is 0 Å². The van der Waals surface area contributed by atoms with Crippen LogP contribution in [0.1, 0.15) is 38.7 Å². The van der Waals surface area contributed by atoms with Gasteiger partial charge in [0.05, 0.1) is 11.7 Å². The van der Waals surface area contributed by atoms with Crippen molar-refractivity contribution < 1.29 is 14.3 Å². The molecule has 4 N–H and O–H groups in total. The predicted molar refractivity (Wildman–Crippen MR) is 84.5 cm³/mol. The number of anilines is 1. The Morgan fingerprint density at radius 3 is 2.59 bits per heavy atom. The maximum atomic E-state index is 12.4. The van der Waals surface area contributed by atoms with Crippen LogP contribution >= 0.6 is 0 Å². The molecule has 22 heavy (non-hydrogen) atoms. The van der Waals surface area contributed by atoms with Crippen molar-refractivity contribution in [2.45, 2.75) is 44.8 Å². The van der Waals surface area contributed by atoms with Gasteiger partial charge in [-0.05, 0) is 38.8 Å². The fourth-order valence-corrected chi connectivity index (χ4v) is 2.61. The number of fused-ring (bicyclic) bond motifs is 1. The molecule has 0 aliphatic carbocycles. The van der Waals surface area contributed by atoms with Crippen LogP contribution in [0.2, 0.25) is 0 Å². The van der Waals surface area contributed by atoms with Crippen LogP contribution < -0.4 is 16.4 Å². The van der Waals surface area contributed by atoms with Gasteiger partial charge >= 0.3 is 6.09 Å². The number of nitrogens with two attached hydrogens (primary N) is 2. The number of rotatable bonds is 3. The van der Waals surface area contributed by atoms with Gasteiger partial charge in [-0.3, -0.25) is 9.69 Å². The molecule has 1 aliphatic rings. The van der Waals surface area contributed by atoms with Crippen molar-refractivity contribution in [1.29, 1.82) is 0 Å². The first-order chi connectivity index (χ1) is 10.2. The summed E-state index contributed by atoms with van der Waals surface area (Å²) in [5.74, 6) is -0.556. The Morgan fingerprint density at radius 1 is 1.36 bits per heavy atom. The Morgan fingerprint density at radius 2 is 2.00 bits per heavy atom. The zero-order valence-corrected chi connectivity index (χ0v) is 13.2. The second-order valence-corrected chi connectivity index (χ2v) is 6.59. The first-order valence-corrected chi connectivity index (χ1v) is 7.33. The van der Waals surface area contributed by atoms with Crippen LogP contribution in [0.25, 0.3) is 0 Å². The quantitative estimate of drug-likeness (QED) is 0.888. The number of hydrogen-bond acceptors (Lipinski definition) is 4. The van der Waals surface area contributed by atoms with E-state index < -0.39 is 23.6 Å². The highest BCUT2D eigenvalue weighted by Gasteiger charge is 2.35. The van der Waals surface area contributed by atoms with Gasteiger partial charge in [-0.15, -0.1) is 0 Å². The fraction of sp³-hybridized carbons (Fsp3) is 0.500. The molecule has 0 aromatic heterocycles. The first-order valence-electron chi connectivity index (χ1n) is 7.33. The minimum atomic E-state index is -0.725. The molecule has 0 saturated carbocycles. The van der Waals surface area contributed by atoms with Gasteiger partial charge in [-0.1, -0.05) is 18.2 Å². The van der Waals surface area contributed by atoms with E-state index >= 15 is 0 Å². The Balaban J connectivity index is 2.22. The molecular weight excluding hydrogens is 282 g/mol. The molecule has 120 valence electrons. The number of amides is 2. The number of carbonyl (C=O) groups excluding carboxylic acids is 2. The van der Waals surface area contributed by atoms with Crippen molar-refractivity contribution in [3.05, 3.63) is 29.8 Å². The number of ether oxygens (including phenoxy) is 1. The van der Waals surface area contributed by atoms with Crippen molar-refractivity contribution in [3.8, 4) is 0 Å². The van der Waals surface area contributed by atoms with Crippen LogP contribution in [-0.2, 0) is 9.53 Å². The molecular formula is C16H23N3O3. The third-order valence-corrected chi connectivity index (χ3v) is 3.59. The van der Waals surface area contributed by atoms with E-state index in [4.69, 9.17) is 16.2 Å². The molecule has 0 fully saturated rings. The minimum Gasteiger partial charge on any atom is -0.443 e. The smallest absolute Gasteiger partial charge is 0.414 e. The van der Waals surface area contributed by atoms with E-state index in [9.17, 15) is 9.59 Å². The highest BCUT2D eigenvalue weighted by Crippen LogP contribution is 2.39. The van der Waals surface area contributed by atoms with E-state index in [2.05, 4.69) is 0 Å². The molecule has 1 aromatic rings. The molecule has 1 aliphatic heterocycles. The van der Waals surface area contributed by atoms with E-state index in [0.29, 0.717) is 13.0 Å². The maximum absolute atomic E-state index is 12.4. The molecule has 6 heteroatoms. The number of hydrogen-bond donors (Lipinski definition) is 2. The molecule has 0 radical (unpaired) electrons. The van der Waals surface area contributed by atoms with Crippen LogP contribution in [0.3, 0.4) is 0 Å². The van der Waals surface area contributed by atoms with E-state index in [1.54, 1.807) is 4.90 Å². The van der Waals surface area contributed by atoms with Crippen molar-refractivity contribution in [1.82, 2.24) is 0 Å². The molecule has 1 unspecified atom stereocenters. The third kappa shape index (κ3) is 3.57. The largest absolute Gasteiger partial charge is 0.443 e. The number of nitrogens with zero attached hydrogens (tertiary/aromatic N) is 1. The highest BCUT2D eigenvalue weighted by molar-refractivity contribution is 5.91. The summed E-state index contributed by atoms with van der Waals surface area (Å²) in [6, 6.07) is 6.86. The summed E-state index contributed by atoms with van der Waals surface area (Å²) in [7, 11) is 0.